The number of carbonyl (C=O) groups is 2. The lowest BCUT2D eigenvalue weighted by Crippen LogP contribution is -2.06. The number of alkyl halides is 1. The first-order chi connectivity index (χ1) is 8.17. The molecule has 0 heterocycles. The van der Waals surface area contributed by atoms with E-state index in [2.05, 4.69) is 4.74 Å². The van der Waals surface area contributed by atoms with Gasteiger partial charge in [-0.3, -0.25) is 0 Å². The molecule has 0 spiro atoms. The maximum absolute atomic E-state index is 13.4. The standard InChI is InChI=1S/C13H15FO3/c1-17-13(16)11-6-4-10(5-7-11)9-12(14)3-2-8-15/h4-8,12H,2-3,9H2,1H3. The van der Waals surface area contributed by atoms with E-state index in [1.807, 2.05) is 0 Å². The van der Waals surface area contributed by atoms with Crippen LogP contribution in [0.3, 0.4) is 0 Å². The van der Waals surface area contributed by atoms with Crippen molar-refractivity contribution in [2.24, 2.45) is 0 Å². The van der Waals surface area contributed by atoms with E-state index in [0.717, 1.165) is 5.56 Å². The Hall–Kier alpha value is -1.71. The van der Waals surface area contributed by atoms with Crippen molar-refractivity contribution in [2.45, 2.75) is 25.4 Å². The summed E-state index contributed by atoms with van der Waals surface area (Å²) in [4.78, 5) is 21.2. The molecular formula is C13H15FO3. The molecule has 17 heavy (non-hydrogen) atoms. The maximum atomic E-state index is 13.4. The predicted molar refractivity (Wildman–Crippen MR) is 61.7 cm³/mol. The number of carbonyl (C=O) groups excluding carboxylic acids is 2. The lowest BCUT2D eigenvalue weighted by atomic mass is 10.0. The summed E-state index contributed by atoms with van der Waals surface area (Å²) in [6.45, 7) is 0. The summed E-state index contributed by atoms with van der Waals surface area (Å²) < 4.78 is 17.9. The van der Waals surface area contributed by atoms with Gasteiger partial charge in [-0.25, -0.2) is 9.18 Å². The molecular weight excluding hydrogens is 223 g/mol. The van der Waals surface area contributed by atoms with Gasteiger partial charge in [-0.2, -0.15) is 0 Å². The van der Waals surface area contributed by atoms with Crippen molar-refractivity contribution in [1.82, 2.24) is 0 Å². The van der Waals surface area contributed by atoms with Crippen molar-refractivity contribution < 1.29 is 18.7 Å². The monoisotopic (exact) mass is 238 g/mol. The van der Waals surface area contributed by atoms with E-state index >= 15 is 0 Å². The number of benzene rings is 1. The Morgan fingerprint density at radius 2 is 2.06 bits per heavy atom. The Labute approximate surface area is 99.6 Å². The summed E-state index contributed by atoms with van der Waals surface area (Å²) in [5.74, 6) is -0.408. The third-order valence-corrected chi connectivity index (χ3v) is 2.43. The third-order valence-electron chi connectivity index (χ3n) is 2.43. The van der Waals surface area contributed by atoms with Crippen LogP contribution in [0.25, 0.3) is 0 Å². The Morgan fingerprint density at radius 3 is 2.59 bits per heavy atom. The molecule has 0 fully saturated rings. The molecule has 0 aliphatic rings. The normalized spacial score (nSPS) is 11.9. The Morgan fingerprint density at radius 1 is 1.41 bits per heavy atom. The highest BCUT2D eigenvalue weighted by atomic mass is 19.1. The number of hydrogen-bond donors (Lipinski definition) is 0. The van der Waals surface area contributed by atoms with Crippen LogP contribution in [0.4, 0.5) is 4.39 Å². The van der Waals surface area contributed by atoms with Crippen molar-refractivity contribution in [1.29, 1.82) is 0 Å². The topological polar surface area (TPSA) is 43.4 Å². The summed E-state index contributed by atoms with van der Waals surface area (Å²) in [5, 5.41) is 0. The summed E-state index contributed by atoms with van der Waals surface area (Å²) >= 11 is 0. The van der Waals surface area contributed by atoms with Crippen LogP contribution in [0.1, 0.15) is 28.8 Å². The van der Waals surface area contributed by atoms with Crippen molar-refractivity contribution in [2.75, 3.05) is 7.11 Å². The van der Waals surface area contributed by atoms with Crippen LogP contribution in [0.5, 0.6) is 0 Å². The van der Waals surface area contributed by atoms with Crippen LogP contribution >= 0.6 is 0 Å². The van der Waals surface area contributed by atoms with Gasteiger partial charge in [0.15, 0.2) is 0 Å². The van der Waals surface area contributed by atoms with Crippen molar-refractivity contribution in [3.8, 4) is 0 Å². The summed E-state index contributed by atoms with van der Waals surface area (Å²) in [5.41, 5.74) is 1.25. The minimum atomic E-state index is -1.02. The molecule has 1 aromatic carbocycles. The smallest absolute Gasteiger partial charge is 0.337 e. The van der Waals surface area contributed by atoms with Crippen molar-refractivity contribution in [3.63, 3.8) is 0 Å². The van der Waals surface area contributed by atoms with Crippen LogP contribution in [0.2, 0.25) is 0 Å². The molecule has 1 aromatic rings. The Bertz CT molecular complexity index is 373. The number of hydrogen-bond acceptors (Lipinski definition) is 3. The molecule has 92 valence electrons. The number of rotatable bonds is 6. The molecule has 0 N–H and O–H groups in total. The van der Waals surface area contributed by atoms with E-state index < -0.39 is 12.1 Å². The van der Waals surface area contributed by atoms with Gasteiger partial charge in [0.1, 0.15) is 12.5 Å². The molecule has 0 aliphatic heterocycles. The molecule has 1 rings (SSSR count). The highest BCUT2D eigenvalue weighted by Crippen LogP contribution is 2.12. The molecule has 1 atom stereocenters. The summed E-state index contributed by atoms with van der Waals surface area (Å²) in [6.07, 6.45) is 0.426. The Kier molecular flexibility index (Phi) is 5.33. The van der Waals surface area contributed by atoms with Crippen LogP contribution in [-0.4, -0.2) is 25.5 Å². The second-order valence-electron chi connectivity index (χ2n) is 3.73. The average Bonchev–Trinajstić information content (AvgIpc) is 2.36. The average molecular weight is 238 g/mol. The zero-order valence-electron chi connectivity index (χ0n) is 9.69. The van der Waals surface area contributed by atoms with E-state index in [9.17, 15) is 14.0 Å². The molecule has 0 aromatic heterocycles. The number of esters is 1. The quantitative estimate of drug-likeness (QED) is 0.564. The Balaban J connectivity index is 2.56. The van der Waals surface area contributed by atoms with Gasteiger partial charge in [0.05, 0.1) is 12.7 Å². The van der Waals surface area contributed by atoms with Gasteiger partial charge < -0.3 is 9.53 Å². The minimum absolute atomic E-state index is 0.238. The van der Waals surface area contributed by atoms with E-state index in [4.69, 9.17) is 0 Å². The van der Waals surface area contributed by atoms with Gasteiger partial charge in [-0.05, 0) is 24.1 Å². The highest BCUT2D eigenvalue weighted by molar-refractivity contribution is 5.89. The fraction of sp³-hybridized carbons (Fsp3) is 0.385. The van der Waals surface area contributed by atoms with E-state index in [0.29, 0.717) is 11.8 Å². The molecule has 4 heteroatoms. The van der Waals surface area contributed by atoms with E-state index in [1.54, 1.807) is 24.3 Å². The second kappa shape index (κ2) is 6.78. The molecule has 0 amide bonds. The second-order valence-corrected chi connectivity index (χ2v) is 3.73. The highest BCUT2D eigenvalue weighted by Gasteiger charge is 2.09. The fourth-order valence-corrected chi connectivity index (χ4v) is 1.50. The van der Waals surface area contributed by atoms with Crippen LogP contribution in [0.15, 0.2) is 24.3 Å². The van der Waals surface area contributed by atoms with Crippen molar-refractivity contribution in [3.05, 3.63) is 35.4 Å². The fourth-order valence-electron chi connectivity index (χ4n) is 1.50. The zero-order valence-corrected chi connectivity index (χ0v) is 9.69. The first-order valence-electron chi connectivity index (χ1n) is 5.42. The molecule has 0 radical (unpaired) electrons. The van der Waals surface area contributed by atoms with Crippen LogP contribution in [0, 0.1) is 0 Å². The largest absolute Gasteiger partial charge is 0.465 e. The van der Waals surface area contributed by atoms with Gasteiger partial charge in [0, 0.05) is 12.8 Å². The van der Waals surface area contributed by atoms with Crippen LogP contribution in [-0.2, 0) is 16.0 Å². The van der Waals surface area contributed by atoms with Gasteiger partial charge in [0.2, 0.25) is 0 Å². The van der Waals surface area contributed by atoms with E-state index in [-0.39, 0.29) is 19.3 Å². The lowest BCUT2D eigenvalue weighted by molar-refractivity contribution is -0.108. The first-order valence-corrected chi connectivity index (χ1v) is 5.42. The zero-order chi connectivity index (χ0) is 12.7. The minimum Gasteiger partial charge on any atom is -0.465 e. The maximum Gasteiger partial charge on any atom is 0.337 e. The third kappa shape index (κ3) is 4.34. The van der Waals surface area contributed by atoms with Crippen LogP contribution < -0.4 is 0 Å². The van der Waals surface area contributed by atoms with Gasteiger partial charge >= 0.3 is 5.97 Å². The summed E-state index contributed by atoms with van der Waals surface area (Å²) in [6, 6.07) is 6.60. The molecule has 0 saturated carbocycles. The molecule has 0 bridgehead atoms. The summed E-state index contributed by atoms with van der Waals surface area (Å²) in [7, 11) is 1.31. The molecule has 0 aliphatic carbocycles. The predicted octanol–water partition coefficient (Wildman–Crippen LogP) is 2.33. The SMILES string of the molecule is COC(=O)c1ccc(CC(F)CCC=O)cc1. The van der Waals surface area contributed by atoms with Crippen molar-refractivity contribution >= 4 is 12.3 Å². The number of aldehydes is 1. The molecule has 0 saturated heterocycles. The van der Waals surface area contributed by atoms with Gasteiger partial charge in [0.25, 0.3) is 0 Å². The lowest BCUT2D eigenvalue weighted by Gasteiger charge is -2.06. The van der Waals surface area contributed by atoms with E-state index in [1.165, 1.54) is 7.11 Å². The number of methoxy groups -OCH3 is 1. The first kappa shape index (κ1) is 13.4. The molecule has 1 unspecified atom stereocenters. The van der Waals surface area contributed by atoms with Gasteiger partial charge in [-0.1, -0.05) is 12.1 Å². The number of halogens is 1. The molecule has 3 nitrogen and oxygen atoms in total. The van der Waals surface area contributed by atoms with Gasteiger partial charge in [-0.15, -0.1) is 0 Å². The number of ether oxygens (including phenoxy) is 1.